The van der Waals surface area contributed by atoms with E-state index in [1.165, 1.54) is 11.3 Å². The zero-order valence-electron chi connectivity index (χ0n) is 11.6. The first-order valence-corrected chi connectivity index (χ1v) is 7.47. The number of carbonyl (C=O) groups excluding carboxylic acids is 2. The Kier molecular flexibility index (Phi) is 4.88. The molecule has 0 unspecified atom stereocenters. The third-order valence-corrected chi connectivity index (χ3v) is 4.07. The number of thiophene rings is 1. The number of Topliss-reactive ketones (excluding diaryl/α,β-unsaturated/α-hetero) is 1. The summed E-state index contributed by atoms with van der Waals surface area (Å²) in [7, 11) is 0. The van der Waals surface area contributed by atoms with Crippen LogP contribution >= 0.6 is 11.3 Å². The van der Waals surface area contributed by atoms with Crippen molar-refractivity contribution in [1.82, 2.24) is 0 Å². The summed E-state index contributed by atoms with van der Waals surface area (Å²) in [5.41, 5.74) is -1.48. The summed E-state index contributed by atoms with van der Waals surface area (Å²) >= 11 is 1.22. The van der Waals surface area contributed by atoms with Gasteiger partial charge in [0.15, 0.2) is 5.78 Å². The average Bonchev–Trinajstić information content (AvgIpc) is 3.03. The summed E-state index contributed by atoms with van der Waals surface area (Å²) in [6, 6.07) is 11.9. The Labute approximate surface area is 127 Å². The smallest absolute Gasteiger partial charge is 0.344 e. The van der Waals surface area contributed by atoms with Crippen molar-refractivity contribution in [1.29, 1.82) is 0 Å². The monoisotopic (exact) mass is 304 g/mol. The third-order valence-electron chi connectivity index (χ3n) is 3.05. The lowest BCUT2D eigenvalue weighted by molar-refractivity contribution is -0.165. The molecule has 5 heteroatoms. The van der Waals surface area contributed by atoms with E-state index in [1.807, 2.05) is 0 Å². The molecule has 0 spiro atoms. The Bertz CT molecular complexity index is 606. The van der Waals surface area contributed by atoms with Crippen LogP contribution < -0.4 is 0 Å². The van der Waals surface area contributed by atoms with E-state index in [0.717, 1.165) is 0 Å². The number of carbonyl (C=O) groups is 2. The first-order chi connectivity index (χ1) is 10.1. The lowest BCUT2D eigenvalue weighted by atomic mass is 9.92. The van der Waals surface area contributed by atoms with Crippen molar-refractivity contribution in [3.05, 3.63) is 58.3 Å². The number of hydrogen-bond donors (Lipinski definition) is 1. The normalized spacial score (nSPS) is 13.4. The molecular weight excluding hydrogens is 288 g/mol. The van der Waals surface area contributed by atoms with Crippen LogP contribution in [-0.4, -0.2) is 23.5 Å². The van der Waals surface area contributed by atoms with E-state index in [2.05, 4.69) is 0 Å². The highest BCUT2D eigenvalue weighted by Gasteiger charge is 2.42. The molecule has 0 aliphatic heterocycles. The molecule has 2 aromatic rings. The van der Waals surface area contributed by atoms with Gasteiger partial charge in [0.2, 0.25) is 5.60 Å². The predicted octanol–water partition coefficient (Wildman–Crippen LogP) is 2.77. The second kappa shape index (κ2) is 6.65. The van der Waals surface area contributed by atoms with Crippen molar-refractivity contribution >= 4 is 23.1 Å². The highest BCUT2D eigenvalue weighted by atomic mass is 32.1. The Morgan fingerprint density at radius 3 is 2.48 bits per heavy atom. The number of rotatable bonds is 6. The first kappa shape index (κ1) is 15.4. The number of ether oxygens (including phenoxy) is 1. The van der Waals surface area contributed by atoms with Crippen LogP contribution in [-0.2, 0) is 15.1 Å². The Morgan fingerprint density at radius 1 is 1.19 bits per heavy atom. The molecule has 0 aliphatic carbocycles. The Balaban J connectivity index is 2.29. The fraction of sp³-hybridized carbons (Fsp3) is 0.250. The van der Waals surface area contributed by atoms with Gasteiger partial charge in [-0.25, -0.2) is 4.79 Å². The van der Waals surface area contributed by atoms with Gasteiger partial charge in [0, 0.05) is 10.4 Å². The van der Waals surface area contributed by atoms with Crippen LogP contribution in [0.2, 0.25) is 0 Å². The zero-order valence-corrected chi connectivity index (χ0v) is 12.4. The minimum absolute atomic E-state index is 0.145. The second-order valence-electron chi connectivity index (χ2n) is 4.52. The molecule has 0 aliphatic rings. The maximum atomic E-state index is 12.3. The van der Waals surface area contributed by atoms with Gasteiger partial charge in [-0.15, -0.1) is 11.3 Å². The van der Waals surface area contributed by atoms with Crippen molar-refractivity contribution < 1.29 is 19.4 Å². The van der Waals surface area contributed by atoms with Crippen molar-refractivity contribution in [2.45, 2.75) is 18.9 Å². The van der Waals surface area contributed by atoms with E-state index in [4.69, 9.17) is 4.74 Å². The fourth-order valence-corrected chi connectivity index (χ4v) is 2.79. The van der Waals surface area contributed by atoms with Gasteiger partial charge in [0.25, 0.3) is 0 Å². The molecule has 1 aromatic carbocycles. The molecule has 4 nitrogen and oxygen atoms in total. The molecule has 1 atom stereocenters. The van der Waals surface area contributed by atoms with Crippen molar-refractivity contribution in [3.8, 4) is 0 Å². The molecule has 0 fully saturated rings. The van der Waals surface area contributed by atoms with E-state index in [-0.39, 0.29) is 18.8 Å². The van der Waals surface area contributed by atoms with Crippen molar-refractivity contribution in [3.63, 3.8) is 0 Å². The highest BCUT2D eigenvalue weighted by Crippen LogP contribution is 2.32. The van der Waals surface area contributed by atoms with Crippen molar-refractivity contribution in [2.75, 3.05) is 6.61 Å². The average molecular weight is 304 g/mol. The number of ketones is 1. The molecular formula is C16H16O4S. The predicted molar refractivity (Wildman–Crippen MR) is 80.2 cm³/mol. The summed E-state index contributed by atoms with van der Waals surface area (Å²) in [5, 5.41) is 12.5. The summed E-state index contributed by atoms with van der Waals surface area (Å²) < 4.78 is 4.93. The van der Waals surface area contributed by atoms with Gasteiger partial charge in [-0.1, -0.05) is 36.4 Å². The lowest BCUT2D eigenvalue weighted by Crippen LogP contribution is -2.38. The maximum absolute atomic E-state index is 12.3. The number of hydrogen-bond acceptors (Lipinski definition) is 5. The lowest BCUT2D eigenvalue weighted by Gasteiger charge is -2.24. The Hall–Kier alpha value is -1.98. The van der Waals surface area contributed by atoms with Crippen LogP contribution in [0.1, 0.15) is 28.6 Å². The van der Waals surface area contributed by atoms with E-state index in [0.29, 0.717) is 10.4 Å². The van der Waals surface area contributed by atoms with E-state index in [9.17, 15) is 14.7 Å². The SMILES string of the molecule is CCOC(=O)[C@](O)(CC(=O)c1ccccc1)c1cccs1. The van der Waals surface area contributed by atoms with Gasteiger partial charge in [0.1, 0.15) is 0 Å². The van der Waals surface area contributed by atoms with Crippen LogP contribution in [0.5, 0.6) is 0 Å². The van der Waals surface area contributed by atoms with Gasteiger partial charge < -0.3 is 9.84 Å². The quantitative estimate of drug-likeness (QED) is 0.658. The topological polar surface area (TPSA) is 63.6 Å². The fourth-order valence-electron chi connectivity index (χ4n) is 1.98. The standard InChI is InChI=1S/C16H16O4S/c1-2-20-15(18)16(19,14-9-6-10-21-14)11-13(17)12-7-4-3-5-8-12/h3-10,19H,2,11H2,1H3/t16-/m0/s1. The third kappa shape index (κ3) is 3.37. The molecule has 1 heterocycles. The van der Waals surface area contributed by atoms with E-state index < -0.39 is 11.6 Å². The summed E-state index contributed by atoms with van der Waals surface area (Å²) in [5.74, 6) is -1.10. The number of esters is 1. The molecule has 1 aromatic heterocycles. The maximum Gasteiger partial charge on any atom is 0.344 e. The molecule has 0 saturated heterocycles. The molecule has 21 heavy (non-hydrogen) atoms. The van der Waals surface area contributed by atoms with Crippen LogP contribution in [0.3, 0.4) is 0 Å². The van der Waals surface area contributed by atoms with Gasteiger partial charge >= 0.3 is 5.97 Å². The summed E-state index contributed by atoms with van der Waals surface area (Å²) in [4.78, 5) is 24.8. The minimum atomic E-state index is -1.93. The second-order valence-corrected chi connectivity index (χ2v) is 5.47. The Morgan fingerprint density at radius 2 is 1.90 bits per heavy atom. The van der Waals surface area contributed by atoms with Crippen LogP contribution in [0, 0.1) is 0 Å². The van der Waals surface area contributed by atoms with Gasteiger partial charge in [-0.3, -0.25) is 4.79 Å². The summed E-state index contributed by atoms with van der Waals surface area (Å²) in [6.07, 6.45) is -0.337. The molecule has 0 amide bonds. The molecule has 110 valence electrons. The van der Waals surface area contributed by atoms with Crippen LogP contribution in [0.15, 0.2) is 47.8 Å². The summed E-state index contributed by atoms with van der Waals surface area (Å²) in [6.45, 7) is 1.80. The molecule has 0 bridgehead atoms. The largest absolute Gasteiger partial charge is 0.464 e. The molecule has 2 rings (SSSR count). The van der Waals surface area contributed by atoms with Crippen molar-refractivity contribution in [2.24, 2.45) is 0 Å². The molecule has 1 N–H and O–H groups in total. The van der Waals surface area contributed by atoms with Crippen LogP contribution in [0.4, 0.5) is 0 Å². The highest BCUT2D eigenvalue weighted by molar-refractivity contribution is 7.10. The number of benzene rings is 1. The number of aliphatic hydroxyl groups is 1. The van der Waals surface area contributed by atoms with E-state index in [1.54, 1.807) is 54.8 Å². The van der Waals surface area contributed by atoms with E-state index >= 15 is 0 Å². The first-order valence-electron chi connectivity index (χ1n) is 6.59. The zero-order chi connectivity index (χ0) is 15.3. The molecule has 0 radical (unpaired) electrons. The van der Waals surface area contributed by atoms with Gasteiger partial charge in [-0.05, 0) is 18.4 Å². The van der Waals surface area contributed by atoms with Gasteiger partial charge in [-0.2, -0.15) is 0 Å². The minimum Gasteiger partial charge on any atom is -0.464 e. The molecule has 0 saturated carbocycles. The van der Waals surface area contributed by atoms with Gasteiger partial charge in [0.05, 0.1) is 13.0 Å². The van der Waals surface area contributed by atoms with Crippen LogP contribution in [0.25, 0.3) is 0 Å².